The number of anilines is 1. The molecule has 1 aliphatic carbocycles. The van der Waals surface area contributed by atoms with Gasteiger partial charge in [0.2, 0.25) is 11.8 Å². The second kappa shape index (κ2) is 7.27. The summed E-state index contributed by atoms with van der Waals surface area (Å²) in [4.78, 5) is 31.8. The molecular formula is C22H31N3O2. The summed E-state index contributed by atoms with van der Waals surface area (Å²) in [6.07, 6.45) is 5.60. The number of carbonyl (C=O) groups excluding carboxylic acids is 2. The standard InChI is InChI=1S/C22H31N3O2/c1-17-7-6-8-19(18(17)2)24-13-11-23(12-14-24)16-25-20(26)15-22(21(25)27)9-4-3-5-10-22/h6-8H,3-5,9-16H2,1-2H3. The fraction of sp³-hybridized carbons (Fsp3) is 0.636. The van der Waals surface area contributed by atoms with Crippen molar-refractivity contribution in [2.75, 3.05) is 37.7 Å². The largest absolute Gasteiger partial charge is 0.369 e. The number of nitrogens with zero attached hydrogens (tertiary/aromatic N) is 3. The van der Waals surface area contributed by atoms with Crippen molar-refractivity contribution in [2.24, 2.45) is 5.41 Å². The average Bonchev–Trinajstić information content (AvgIpc) is 2.89. The predicted octanol–water partition coefficient (Wildman–Crippen LogP) is 3.09. The van der Waals surface area contributed by atoms with Gasteiger partial charge in [-0.25, -0.2) is 0 Å². The number of benzene rings is 1. The van der Waals surface area contributed by atoms with Gasteiger partial charge in [0, 0.05) is 38.3 Å². The van der Waals surface area contributed by atoms with Crippen LogP contribution in [0.1, 0.15) is 49.7 Å². The number of amides is 2. The molecule has 5 nitrogen and oxygen atoms in total. The van der Waals surface area contributed by atoms with Gasteiger partial charge < -0.3 is 4.90 Å². The summed E-state index contributed by atoms with van der Waals surface area (Å²) in [5.41, 5.74) is 3.61. The van der Waals surface area contributed by atoms with E-state index >= 15 is 0 Å². The van der Waals surface area contributed by atoms with Gasteiger partial charge in [-0.1, -0.05) is 31.4 Å². The first-order chi connectivity index (χ1) is 13.0. The molecule has 2 heterocycles. The van der Waals surface area contributed by atoms with Crippen LogP contribution in [0, 0.1) is 19.3 Å². The van der Waals surface area contributed by atoms with Crippen molar-refractivity contribution >= 4 is 17.5 Å². The molecule has 1 spiro atoms. The first-order valence-electron chi connectivity index (χ1n) is 10.4. The fourth-order valence-electron chi connectivity index (χ4n) is 5.03. The van der Waals surface area contributed by atoms with Crippen LogP contribution in [0.5, 0.6) is 0 Å². The minimum absolute atomic E-state index is 0.0406. The van der Waals surface area contributed by atoms with Gasteiger partial charge >= 0.3 is 0 Å². The highest BCUT2D eigenvalue weighted by Crippen LogP contribution is 2.45. The van der Waals surface area contributed by atoms with Crippen LogP contribution in [-0.4, -0.2) is 54.5 Å². The maximum absolute atomic E-state index is 13.0. The molecule has 0 unspecified atom stereocenters. The van der Waals surface area contributed by atoms with E-state index in [4.69, 9.17) is 0 Å². The highest BCUT2D eigenvalue weighted by atomic mass is 16.2. The van der Waals surface area contributed by atoms with Gasteiger partial charge in [0.05, 0.1) is 12.1 Å². The first-order valence-corrected chi connectivity index (χ1v) is 10.4. The molecule has 5 heteroatoms. The molecule has 146 valence electrons. The van der Waals surface area contributed by atoms with Crippen LogP contribution in [0.25, 0.3) is 0 Å². The third-order valence-corrected chi connectivity index (χ3v) is 6.93. The Morgan fingerprint density at radius 3 is 2.37 bits per heavy atom. The van der Waals surface area contributed by atoms with Gasteiger partial charge in [-0.05, 0) is 43.9 Å². The number of imide groups is 1. The number of likely N-dealkylation sites (tertiary alicyclic amines) is 1. The maximum atomic E-state index is 13.0. The zero-order valence-corrected chi connectivity index (χ0v) is 16.7. The molecule has 3 fully saturated rings. The van der Waals surface area contributed by atoms with Crippen LogP contribution < -0.4 is 4.90 Å². The molecule has 2 aliphatic heterocycles. The Bertz CT molecular complexity index is 731. The molecule has 1 saturated carbocycles. The Morgan fingerprint density at radius 2 is 1.67 bits per heavy atom. The van der Waals surface area contributed by atoms with E-state index in [9.17, 15) is 9.59 Å². The molecule has 1 aromatic carbocycles. The van der Waals surface area contributed by atoms with Crippen molar-refractivity contribution in [1.82, 2.24) is 9.80 Å². The smallest absolute Gasteiger partial charge is 0.237 e. The second-order valence-corrected chi connectivity index (χ2v) is 8.61. The number of hydrogen-bond acceptors (Lipinski definition) is 4. The molecule has 0 atom stereocenters. The Kier molecular flexibility index (Phi) is 4.97. The van der Waals surface area contributed by atoms with Gasteiger partial charge in [-0.15, -0.1) is 0 Å². The molecule has 1 aromatic rings. The molecule has 3 aliphatic rings. The van der Waals surface area contributed by atoms with Crippen LogP contribution in [0.4, 0.5) is 5.69 Å². The van der Waals surface area contributed by atoms with Crippen molar-refractivity contribution in [3.8, 4) is 0 Å². The van der Waals surface area contributed by atoms with Gasteiger partial charge in [-0.2, -0.15) is 0 Å². The van der Waals surface area contributed by atoms with Crippen molar-refractivity contribution < 1.29 is 9.59 Å². The summed E-state index contributed by atoms with van der Waals surface area (Å²) in [6, 6.07) is 6.47. The minimum Gasteiger partial charge on any atom is -0.369 e. The first kappa shape index (κ1) is 18.5. The monoisotopic (exact) mass is 369 g/mol. The Balaban J connectivity index is 1.37. The van der Waals surface area contributed by atoms with Gasteiger partial charge in [0.15, 0.2) is 0 Å². The molecule has 0 radical (unpaired) electrons. The highest BCUT2D eigenvalue weighted by molar-refractivity contribution is 6.05. The fourth-order valence-corrected chi connectivity index (χ4v) is 5.03. The van der Waals surface area contributed by atoms with Crippen LogP contribution >= 0.6 is 0 Å². The number of carbonyl (C=O) groups is 2. The van der Waals surface area contributed by atoms with Crippen molar-refractivity contribution in [1.29, 1.82) is 0 Å². The third-order valence-electron chi connectivity index (χ3n) is 6.93. The topological polar surface area (TPSA) is 43.9 Å². The Labute approximate surface area is 162 Å². The molecule has 2 amide bonds. The van der Waals surface area contributed by atoms with E-state index in [0.29, 0.717) is 13.1 Å². The highest BCUT2D eigenvalue weighted by Gasteiger charge is 2.51. The number of piperazine rings is 1. The van der Waals surface area contributed by atoms with E-state index in [0.717, 1.165) is 51.9 Å². The summed E-state index contributed by atoms with van der Waals surface area (Å²) in [6.45, 7) is 8.45. The molecule has 0 aromatic heterocycles. The zero-order valence-electron chi connectivity index (χ0n) is 16.7. The normalized spacial score (nSPS) is 23.5. The van der Waals surface area contributed by atoms with E-state index in [1.165, 1.54) is 23.2 Å². The lowest BCUT2D eigenvalue weighted by Gasteiger charge is -2.38. The molecule has 2 saturated heterocycles. The van der Waals surface area contributed by atoms with Crippen molar-refractivity contribution in [3.63, 3.8) is 0 Å². The molecule has 0 bridgehead atoms. The lowest BCUT2D eigenvalue weighted by molar-refractivity contribution is -0.144. The van der Waals surface area contributed by atoms with Crippen molar-refractivity contribution in [2.45, 2.75) is 52.4 Å². The van der Waals surface area contributed by atoms with Crippen LogP contribution in [0.2, 0.25) is 0 Å². The van der Waals surface area contributed by atoms with E-state index in [1.807, 2.05) is 0 Å². The summed E-state index contributed by atoms with van der Waals surface area (Å²) in [5, 5.41) is 0. The van der Waals surface area contributed by atoms with Gasteiger partial charge in [-0.3, -0.25) is 19.4 Å². The van der Waals surface area contributed by atoms with Gasteiger partial charge in [0.25, 0.3) is 0 Å². The third kappa shape index (κ3) is 3.38. The van der Waals surface area contributed by atoms with Crippen LogP contribution in [0.3, 0.4) is 0 Å². The summed E-state index contributed by atoms with van der Waals surface area (Å²) < 4.78 is 0. The second-order valence-electron chi connectivity index (χ2n) is 8.61. The Hall–Kier alpha value is -1.88. The maximum Gasteiger partial charge on any atom is 0.237 e. The SMILES string of the molecule is Cc1cccc(N2CCN(CN3C(=O)CC4(CCCCC4)C3=O)CC2)c1C. The number of hydrogen-bond donors (Lipinski definition) is 0. The predicted molar refractivity (Wildman–Crippen MR) is 107 cm³/mol. The summed E-state index contributed by atoms with van der Waals surface area (Å²) >= 11 is 0. The molecular weight excluding hydrogens is 338 g/mol. The van der Waals surface area contributed by atoms with E-state index in [1.54, 1.807) is 4.90 Å². The average molecular weight is 370 g/mol. The van der Waals surface area contributed by atoms with Crippen molar-refractivity contribution in [3.05, 3.63) is 29.3 Å². The lowest BCUT2D eigenvalue weighted by Crippen LogP contribution is -2.52. The molecule has 0 N–H and O–H groups in total. The van der Waals surface area contributed by atoms with Crippen LogP contribution in [0.15, 0.2) is 18.2 Å². The Morgan fingerprint density at radius 1 is 0.963 bits per heavy atom. The molecule has 27 heavy (non-hydrogen) atoms. The number of rotatable bonds is 3. The minimum atomic E-state index is -0.365. The van der Waals surface area contributed by atoms with E-state index < -0.39 is 0 Å². The van der Waals surface area contributed by atoms with Crippen LogP contribution in [-0.2, 0) is 9.59 Å². The lowest BCUT2D eigenvalue weighted by atomic mass is 9.73. The van der Waals surface area contributed by atoms with Gasteiger partial charge in [0.1, 0.15) is 0 Å². The zero-order chi connectivity index (χ0) is 19.0. The van der Waals surface area contributed by atoms with E-state index in [2.05, 4.69) is 41.8 Å². The summed E-state index contributed by atoms with van der Waals surface area (Å²) in [7, 11) is 0. The summed E-state index contributed by atoms with van der Waals surface area (Å²) in [5.74, 6) is 0.142. The quantitative estimate of drug-likeness (QED) is 0.768. The van der Waals surface area contributed by atoms with E-state index in [-0.39, 0.29) is 17.2 Å². The number of aryl methyl sites for hydroxylation is 1. The molecule has 4 rings (SSSR count).